The summed E-state index contributed by atoms with van der Waals surface area (Å²) in [5, 5.41) is 0. The third-order valence-electron chi connectivity index (χ3n) is 2.68. The van der Waals surface area contributed by atoms with Crippen molar-refractivity contribution < 1.29 is 0 Å². The number of nitrogens with zero attached hydrogens (tertiary/aromatic N) is 1. The summed E-state index contributed by atoms with van der Waals surface area (Å²) in [6, 6.07) is 10.4. The number of unbranched alkanes of at least 4 members (excludes halogenated alkanes) is 5. The molecule has 0 aromatic heterocycles. The van der Waals surface area contributed by atoms with Crippen LogP contribution in [0.4, 0.5) is 0 Å². The van der Waals surface area contributed by atoms with Crippen molar-refractivity contribution in [2.24, 2.45) is 4.99 Å². The first-order chi connectivity index (χ1) is 7.93. The lowest BCUT2D eigenvalue weighted by Crippen LogP contribution is -1.83. The highest BCUT2D eigenvalue weighted by Crippen LogP contribution is 2.04. The SMILES string of the molecule is CCCCCCCC=NCc1ccccc1. The molecule has 1 nitrogen and oxygen atoms in total. The summed E-state index contributed by atoms with van der Waals surface area (Å²) in [6.45, 7) is 3.08. The fraction of sp³-hybridized carbons (Fsp3) is 0.533. The summed E-state index contributed by atoms with van der Waals surface area (Å²) >= 11 is 0. The van der Waals surface area contributed by atoms with Gasteiger partial charge in [-0.3, -0.25) is 4.99 Å². The van der Waals surface area contributed by atoms with E-state index in [4.69, 9.17) is 0 Å². The van der Waals surface area contributed by atoms with Crippen molar-refractivity contribution in [2.45, 2.75) is 52.0 Å². The Labute approximate surface area is 99.6 Å². The Morgan fingerprint density at radius 1 is 1.00 bits per heavy atom. The van der Waals surface area contributed by atoms with Gasteiger partial charge >= 0.3 is 0 Å². The summed E-state index contributed by atoms with van der Waals surface area (Å²) in [7, 11) is 0. The first-order valence-corrected chi connectivity index (χ1v) is 6.45. The van der Waals surface area contributed by atoms with E-state index in [1.165, 1.54) is 37.7 Å². The maximum atomic E-state index is 4.43. The smallest absolute Gasteiger partial charge is 0.0635 e. The zero-order valence-electron chi connectivity index (χ0n) is 10.4. The van der Waals surface area contributed by atoms with Crippen molar-refractivity contribution in [3.8, 4) is 0 Å². The van der Waals surface area contributed by atoms with Gasteiger partial charge in [0, 0.05) is 0 Å². The molecule has 1 heteroatoms. The fourth-order valence-corrected chi connectivity index (χ4v) is 1.68. The van der Waals surface area contributed by atoms with Crippen molar-refractivity contribution in [1.82, 2.24) is 0 Å². The van der Waals surface area contributed by atoms with Gasteiger partial charge in [-0.25, -0.2) is 0 Å². The quantitative estimate of drug-likeness (QED) is 0.445. The van der Waals surface area contributed by atoms with Crippen molar-refractivity contribution in [1.29, 1.82) is 0 Å². The van der Waals surface area contributed by atoms with Gasteiger partial charge in [0.05, 0.1) is 6.54 Å². The molecule has 88 valence electrons. The van der Waals surface area contributed by atoms with Crippen LogP contribution in [0.5, 0.6) is 0 Å². The minimum atomic E-state index is 0.829. The molecule has 0 radical (unpaired) electrons. The molecule has 0 N–H and O–H groups in total. The normalized spacial score (nSPS) is 11.1. The molecule has 0 bridgehead atoms. The van der Waals surface area contributed by atoms with Crippen LogP contribution in [0.2, 0.25) is 0 Å². The molecule has 0 amide bonds. The summed E-state index contributed by atoms with van der Waals surface area (Å²) in [6.07, 6.45) is 9.94. The molecule has 0 saturated carbocycles. The Kier molecular flexibility index (Phi) is 7.40. The molecule has 0 saturated heterocycles. The van der Waals surface area contributed by atoms with E-state index in [0.29, 0.717) is 0 Å². The van der Waals surface area contributed by atoms with Crippen molar-refractivity contribution in [3.05, 3.63) is 35.9 Å². The lowest BCUT2D eigenvalue weighted by Gasteiger charge is -1.96. The predicted octanol–water partition coefficient (Wildman–Crippen LogP) is 4.62. The van der Waals surface area contributed by atoms with Gasteiger partial charge in [-0.05, 0) is 24.6 Å². The van der Waals surface area contributed by atoms with Crippen LogP contribution in [-0.2, 0) is 6.54 Å². The Hall–Kier alpha value is -1.11. The van der Waals surface area contributed by atoms with Gasteiger partial charge in [0.15, 0.2) is 0 Å². The highest BCUT2D eigenvalue weighted by Gasteiger charge is 1.88. The Morgan fingerprint density at radius 3 is 2.50 bits per heavy atom. The van der Waals surface area contributed by atoms with E-state index in [1.807, 2.05) is 6.07 Å². The maximum Gasteiger partial charge on any atom is 0.0635 e. The molecular formula is C15H23N. The summed E-state index contributed by atoms with van der Waals surface area (Å²) in [5.74, 6) is 0. The Bertz CT molecular complexity index is 277. The molecule has 1 aromatic carbocycles. The molecule has 0 fully saturated rings. The van der Waals surface area contributed by atoms with Crippen LogP contribution in [0.1, 0.15) is 51.0 Å². The second-order valence-corrected chi connectivity index (χ2v) is 4.21. The van der Waals surface area contributed by atoms with Gasteiger partial charge < -0.3 is 0 Å². The number of rotatable bonds is 8. The third-order valence-corrected chi connectivity index (χ3v) is 2.68. The monoisotopic (exact) mass is 217 g/mol. The Balaban J connectivity index is 2.01. The van der Waals surface area contributed by atoms with E-state index in [9.17, 15) is 0 Å². The molecule has 1 rings (SSSR count). The number of hydrogen-bond donors (Lipinski definition) is 0. The van der Waals surface area contributed by atoms with Crippen LogP contribution in [0.25, 0.3) is 0 Å². The predicted molar refractivity (Wildman–Crippen MR) is 72.0 cm³/mol. The minimum Gasteiger partial charge on any atom is -0.293 e. The number of aliphatic imine (C=N–C) groups is 1. The summed E-state index contributed by atoms with van der Waals surface area (Å²) in [5.41, 5.74) is 1.30. The standard InChI is InChI=1S/C15H23N/c1-2-3-4-5-6-10-13-16-14-15-11-8-7-9-12-15/h7-9,11-13H,2-6,10,14H2,1H3. The molecule has 0 heterocycles. The summed E-state index contributed by atoms with van der Waals surface area (Å²) in [4.78, 5) is 4.43. The highest BCUT2D eigenvalue weighted by atomic mass is 14.7. The van der Waals surface area contributed by atoms with Crippen LogP contribution < -0.4 is 0 Å². The fourth-order valence-electron chi connectivity index (χ4n) is 1.68. The van der Waals surface area contributed by atoms with E-state index < -0.39 is 0 Å². The average Bonchev–Trinajstić information content (AvgIpc) is 2.34. The highest BCUT2D eigenvalue weighted by molar-refractivity contribution is 5.57. The van der Waals surface area contributed by atoms with E-state index >= 15 is 0 Å². The van der Waals surface area contributed by atoms with E-state index in [0.717, 1.165) is 13.0 Å². The topological polar surface area (TPSA) is 12.4 Å². The lowest BCUT2D eigenvalue weighted by atomic mass is 10.1. The van der Waals surface area contributed by atoms with Crippen LogP contribution in [0.15, 0.2) is 35.3 Å². The van der Waals surface area contributed by atoms with Crippen molar-refractivity contribution in [2.75, 3.05) is 0 Å². The first-order valence-electron chi connectivity index (χ1n) is 6.45. The molecule has 0 aliphatic rings. The molecule has 0 aliphatic heterocycles. The largest absolute Gasteiger partial charge is 0.293 e. The second-order valence-electron chi connectivity index (χ2n) is 4.21. The van der Waals surface area contributed by atoms with Gasteiger partial charge in [0.25, 0.3) is 0 Å². The minimum absolute atomic E-state index is 0.829. The van der Waals surface area contributed by atoms with Crippen LogP contribution in [0.3, 0.4) is 0 Å². The van der Waals surface area contributed by atoms with Gasteiger partial charge in [-0.15, -0.1) is 0 Å². The maximum absolute atomic E-state index is 4.43. The second kappa shape index (κ2) is 9.14. The zero-order valence-corrected chi connectivity index (χ0v) is 10.4. The van der Waals surface area contributed by atoms with Gasteiger partial charge in [-0.1, -0.05) is 62.9 Å². The number of benzene rings is 1. The van der Waals surface area contributed by atoms with Gasteiger partial charge in [0.1, 0.15) is 0 Å². The molecular weight excluding hydrogens is 194 g/mol. The third kappa shape index (κ3) is 6.39. The van der Waals surface area contributed by atoms with Crippen LogP contribution in [0, 0.1) is 0 Å². The lowest BCUT2D eigenvalue weighted by molar-refractivity contribution is 0.645. The molecule has 0 aliphatic carbocycles. The summed E-state index contributed by atoms with van der Waals surface area (Å²) < 4.78 is 0. The molecule has 0 spiro atoms. The average molecular weight is 217 g/mol. The van der Waals surface area contributed by atoms with E-state index in [1.54, 1.807) is 0 Å². The molecule has 0 atom stereocenters. The zero-order chi connectivity index (χ0) is 11.5. The van der Waals surface area contributed by atoms with E-state index in [-0.39, 0.29) is 0 Å². The van der Waals surface area contributed by atoms with Crippen molar-refractivity contribution >= 4 is 6.21 Å². The van der Waals surface area contributed by atoms with E-state index in [2.05, 4.69) is 42.4 Å². The number of hydrogen-bond acceptors (Lipinski definition) is 1. The van der Waals surface area contributed by atoms with Gasteiger partial charge in [-0.2, -0.15) is 0 Å². The molecule has 16 heavy (non-hydrogen) atoms. The van der Waals surface area contributed by atoms with Crippen molar-refractivity contribution in [3.63, 3.8) is 0 Å². The Morgan fingerprint density at radius 2 is 1.75 bits per heavy atom. The van der Waals surface area contributed by atoms with Crippen LogP contribution >= 0.6 is 0 Å². The first kappa shape index (κ1) is 13.0. The van der Waals surface area contributed by atoms with Crippen LogP contribution in [-0.4, -0.2) is 6.21 Å². The molecule has 1 aromatic rings. The molecule has 0 unspecified atom stereocenters. The van der Waals surface area contributed by atoms with Gasteiger partial charge in [0.2, 0.25) is 0 Å².